The Morgan fingerprint density at radius 2 is 1.00 bits per heavy atom. The van der Waals surface area contributed by atoms with Crippen LogP contribution in [0.4, 0.5) is 0 Å². The molecule has 6 aromatic rings. The molecule has 36 heavy (non-hydrogen) atoms. The average molecular weight is 479 g/mol. The molecule has 0 saturated heterocycles. The van der Waals surface area contributed by atoms with Gasteiger partial charge in [0.25, 0.3) is 0 Å². The van der Waals surface area contributed by atoms with Gasteiger partial charge in [0.15, 0.2) is 0 Å². The lowest BCUT2D eigenvalue weighted by Crippen LogP contribution is -2.28. The summed E-state index contributed by atoms with van der Waals surface area (Å²) >= 11 is 6.37. The van der Waals surface area contributed by atoms with E-state index in [1.807, 2.05) is 18.2 Å². The fourth-order valence-electron chi connectivity index (χ4n) is 6.05. The first kappa shape index (κ1) is 21.2. The van der Waals surface area contributed by atoms with Gasteiger partial charge in [-0.05, 0) is 79.5 Å². The molecule has 0 unspecified atom stereocenters. The smallest absolute Gasteiger partial charge is 0.0713 e. The van der Waals surface area contributed by atoms with Gasteiger partial charge in [0, 0.05) is 5.02 Å². The molecule has 0 spiro atoms. The molecule has 0 heterocycles. The fraction of sp³-hybridized carbons (Fsp3) is 0.0286. The lowest BCUT2D eigenvalue weighted by molar-refractivity contribution is 0.770. The van der Waals surface area contributed by atoms with Gasteiger partial charge in [-0.1, -0.05) is 127 Å². The maximum Gasteiger partial charge on any atom is 0.0713 e. The molecule has 6 aromatic carbocycles. The number of hydrogen-bond acceptors (Lipinski definition) is 0. The fourth-order valence-corrected chi connectivity index (χ4v) is 6.24. The summed E-state index contributed by atoms with van der Waals surface area (Å²) in [6, 6.07) is 50.4. The Morgan fingerprint density at radius 1 is 0.417 bits per heavy atom. The minimum atomic E-state index is -0.425. The van der Waals surface area contributed by atoms with Crippen LogP contribution in [-0.4, -0.2) is 0 Å². The predicted octanol–water partition coefficient (Wildman–Crippen LogP) is 9.52. The summed E-state index contributed by atoms with van der Waals surface area (Å²) in [4.78, 5) is 0. The normalized spacial score (nSPS) is 13.4. The largest absolute Gasteiger partial charge is 0.0843 e. The molecule has 0 atom stereocenters. The third kappa shape index (κ3) is 3.08. The minimum Gasteiger partial charge on any atom is -0.0843 e. The molecule has 0 nitrogen and oxygen atoms in total. The lowest BCUT2D eigenvalue weighted by Gasteiger charge is -2.34. The summed E-state index contributed by atoms with van der Waals surface area (Å²) in [5.41, 5.74) is 9.65. The van der Waals surface area contributed by atoms with Crippen molar-refractivity contribution >= 4 is 22.4 Å². The lowest BCUT2D eigenvalue weighted by atomic mass is 9.67. The third-order valence-electron chi connectivity index (χ3n) is 7.59. The molecule has 0 radical (unpaired) electrons. The van der Waals surface area contributed by atoms with Crippen molar-refractivity contribution in [3.05, 3.63) is 167 Å². The summed E-state index contributed by atoms with van der Waals surface area (Å²) in [5, 5.41) is 3.25. The first-order valence-corrected chi connectivity index (χ1v) is 12.7. The van der Waals surface area contributed by atoms with Crippen LogP contribution in [0.15, 0.2) is 140 Å². The Kier molecular flexibility index (Phi) is 4.84. The van der Waals surface area contributed by atoms with Gasteiger partial charge in [0.2, 0.25) is 0 Å². The van der Waals surface area contributed by atoms with Crippen LogP contribution in [-0.2, 0) is 5.41 Å². The number of benzene rings is 6. The highest BCUT2D eigenvalue weighted by Gasteiger charge is 2.46. The summed E-state index contributed by atoms with van der Waals surface area (Å²) in [5.74, 6) is 0. The van der Waals surface area contributed by atoms with Gasteiger partial charge in [0.05, 0.1) is 5.41 Å². The van der Waals surface area contributed by atoms with E-state index in [0.29, 0.717) is 0 Å². The number of hydrogen-bond donors (Lipinski definition) is 0. The summed E-state index contributed by atoms with van der Waals surface area (Å²) < 4.78 is 0. The molecule has 170 valence electrons. The molecular weight excluding hydrogens is 456 g/mol. The van der Waals surface area contributed by atoms with Gasteiger partial charge in [-0.15, -0.1) is 0 Å². The van der Waals surface area contributed by atoms with Crippen molar-refractivity contribution in [2.75, 3.05) is 0 Å². The van der Waals surface area contributed by atoms with Crippen molar-refractivity contribution in [1.29, 1.82) is 0 Å². The van der Waals surface area contributed by atoms with E-state index in [-0.39, 0.29) is 0 Å². The van der Waals surface area contributed by atoms with Crippen molar-refractivity contribution in [2.45, 2.75) is 5.41 Å². The molecule has 0 fully saturated rings. The first-order valence-electron chi connectivity index (χ1n) is 12.3. The topological polar surface area (TPSA) is 0 Å². The summed E-state index contributed by atoms with van der Waals surface area (Å²) in [7, 11) is 0. The van der Waals surface area contributed by atoms with Crippen molar-refractivity contribution in [3.63, 3.8) is 0 Å². The van der Waals surface area contributed by atoms with Crippen LogP contribution in [0, 0.1) is 0 Å². The maximum absolute atomic E-state index is 6.37. The van der Waals surface area contributed by atoms with Crippen LogP contribution in [0.25, 0.3) is 33.0 Å². The van der Waals surface area contributed by atoms with Crippen molar-refractivity contribution < 1.29 is 0 Å². The molecule has 0 N–H and O–H groups in total. The monoisotopic (exact) mass is 478 g/mol. The number of fused-ring (bicyclic) bond motifs is 4. The zero-order chi connectivity index (χ0) is 24.1. The van der Waals surface area contributed by atoms with E-state index >= 15 is 0 Å². The molecule has 0 bridgehead atoms. The second kappa shape index (κ2) is 8.22. The van der Waals surface area contributed by atoms with Gasteiger partial charge in [0.1, 0.15) is 0 Å². The molecule has 0 aromatic heterocycles. The minimum absolute atomic E-state index is 0.425. The van der Waals surface area contributed by atoms with E-state index in [1.54, 1.807) is 0 Å². The molecule has 0 saturated carbocycles. The molecule has 1 aliphatic rings. The zero-order valence-electron chi connectivity index (χ0n) is 19.7. The zero-order valence-corrected chi connectivity index (χ0v) is 20.4. The van der Waals surface area contributed by atoms with Crippen LogP contribution in [0.3, 0.4) is 0 Å². The van der Waals surface area contributed by atoms with Crippen LogP contribution >= 0.6 is 11.6 Å². The Hall–Kier alpha value is -4.13. The SMILES string of the molecule is Clc1cccc(-c2cccc(C3(c4ccc5ccccc5c4)c4ccccc4-c4ccccc43)c2)c1. The van der Waals surface area contributed by atoms with Gasteiger partial charge < -0.3 is 0 Å². The van der Waals surface area contributed by atoms with Gasteiger partial charge in [-0.2, -0.15) is 0 Å². The standard InChI is InChI=1S/C35H23Cl/c36-30-14-8-12-27(23-30)26-11-7-13-28(22-26)35(29-20-19-24-9-1-2-10-25(24)21-29)33-17-5-3-15-31(33)32-16-4-6-18-34(32)35/h1-23H. The van der Waals surface area contributed by atoms with E-state index in [0.717, 1.165) is 16.1 Å². The van der Waals surface area contributed by atoms with Crippen molar-refractivity contribution in [1.82, 2.24) is 0 Å². The van der Waals surface area contributed by atoms with E-state index in [2.05, 4.69) is 121 Å². The molecule has 1 aliphatic carbocycles. The Balaban J connectivity index is 1.59. The quantitative estimate of drug-likeness (QED) is 0.237. The van der Waals surface area contributed by atoms with Gasteiger partial charge in [-0.3, -0.25) is 0 Å². The van der Waals surface area contributed by atoms with Crippen molar-refractivity contribution in [2.24, 2.45) is 0 Å². The van der Waals surface area contributed by atoms with E-state index in [9.17, 15) is 0 Å². The second-order valence-corrected chi connectivity index (χ2v) is 9.93. The Labute approximate surface area is 216 Å². The number of halogens is 1. The van der Waals surface area contributed by atoms with E-state index in [1.165, 1.54) is 44.2 Å². The summed E-state index contributed by atoms with van der Waals surface area (Å²) in [6.07, 6.45) is 0. The molecular formula is C35H23Cl. The van der Waals surface area contributed by atoms with E-state index < -0.39 is 5.41 Å². The average Bonchev–Trinajstić information content (AvgIpc) is 3.24. The van der Waals surface area contributed by atoms with E-state index in [4.69, 9.17) is 11.6 Å². The van der Waals surface area contributed by atoms with Crippen LogP contribution < -0.4 is 0 Å². The Bertz CT molecular complexity index is 1720. The van der Waals surface area contributed by atoms with Gasteiger partial charge in [-0.25, -0.2) is 0 Å². The molecule has 0 aliphatic heterocycles. The highest BCUT2D eigenvalue weighted by Crippen LogP contribution is 2.56. The maximum atomic E-state index is 6.37. The molecule has 0 amide bonds. The number of rotatable bonds is 3. The highest BCUT2D eigenvalue weighted by atomic mass is 35.5. The second-order valence-electron chi connectivity index (χ2n) is 9.49. The first-order chi connectivity index (χ1) is 17.7. The van der Waals surface area contributed by atoms with Crippen molar-refractivity contribution in [3.8, 4) is 22.3 Å². The predicted molar refractivity (Wildman–Crippen MR) is 152 cm³/mol. The van der Waals surface area contributed by atoms with Crippen LogP contribution in [0.5, 0.6) is 0 Å². The van der Waals surface area contributed by atoms with Crippen LogP contribution in [0.2, 0.25) is 5.02 Å². The highest BCUT2D eigenvalue weighted by molar-refractivity contribution is 6.30. The molecule has 7 rings (SSSR count). The third-order valence-corrected chi connectivity index (χ3v) is 7.82. The molecule has 1 heteroatoms. The summed E-state index contributed by atoms with van der Waals surface area (Å²) in [6.45, 7) is 0. The van der Waals surface area contributed by atoms with Crippen LogP contribution in [0.1, 0.15) is 22.3 Å². The van der Waals surface area contributed by atoms with Gasteiger partial charge >= 0.3 is 0 Å². The Morgan fingerprint density at radius 3 is 1.72 bits per heavy atom.